The molecule has 2 N–H and O–H groups in total. The van der Waals surface area contributed by atoms with Gasteiger partial charge in [-0.2, -0.15) is 10.5 Å². The van der Waals surface area contributed by atoms with Crippen LogP contribution in [0.1, 0.15) is 36.5 Å². The van der Waals surface area contributed by atoms with Crippen LogP contribution in [0.3, 0.4) is 0 Å². The summed E-state index contributed by atoms with van der Waals surface area (Å²) in [6, 6.07) is 5.20. The molecule has 1 aromatic heterocycles. The molecule has 0 aliphatic carbocycles. The zero-order chi connectivity index (χ0) is 13.4. The maximum Gasteiger partial charge on any atom is 0.142 e. The third-order valence-electron chi connectivity index (χ3n) is 2.79. The van der Waals surface area contributed by atoms with E-state index < -0.39 is 5.82 Å². The highest BCUT2D eigenvalue weighted by Crippen LogP contribution is 2.40. The van der Waals surface area contributed by atoms with Crippen molar-refractivity contribution in [2.75, 3.05) is 5.73 Å². The van der Waals surface area contributed by atoms with Crippen LogP contribution in [0, 0.1) is 28.5 Å². The van der Waals surface area contributed by atoms with E-state index in [2.05, 4.69) is 0 Å². The lowest BCUT2D eigenvalue weighted by atomic mass is 9.92. The van der Waals surface area contributed by atoms with Crippen molar-refractivity contribution in [3.8, 4) is 12.1 Å². The van der Waals surface area contributed by atoms with Gasteiger partial charge in [0.1, 0.15) is 16.9 Å². The molecule has 2 rings (SSSR count). The maximum absolute atomic E-state index is 13.9. The number of nitrogens with two attached hydrogens (primary N) is 1. The molecule has 0 atom stereocenters. The van der Waals surface area contributed by atoms with Gasteiger partial charge in [0.25, 0.3) is 0 Å². The number of thiophene rings is 1. The Hall–Kier alpha value is -2.11. The second kappa shape index (κ2) is 4.29. The molecule has 0 amide bonds. The number of benzene rings is 1. The van der Waals surface area contributed by atoms with Gasteiger partial charge in [0.05, 0.1) is 21.9 Å². The predicted octanol–water partition coefficient (Wildman–Crippen LogP) is 3.49. The van der Waals surface area contributed by atoms with E-state index in [0.717, 1.165) is 11.3 Å². The monoisotopic (exact) mass is 259 g/mol. The molecule has 1 aromatic carbocycles. The van der Waals surface area contributed by atoms with Crippen molar-refractivity contribution < 1.29 is 4.39 Å². The van der Waals surface area contributed by atoms with Crippen LogP contribution in [0.4, 0.5) is 9.39 Å². The van der Waals surface area contributed by atoms with Crippen molar-refractivity contribution in [2.24, 2.45) is 0 Å². The Morgan fingerprint density at radius 2 is 2.00 bits per heavy atom. The molecule has 0 aliphatic heterocycles. The Morgan fingerprint density at radius 3 is 2.50 bits per heavy atom. The SMILES string of the molecule is CC(C)c1c(C#N)cc(F)c2sc(N)c(C#N)c12. The normalized spacial score (nSPS) is 10.6. The van der Waals surface area contributed by atoms with Gasteiger partial charge in [-0.1, -0.05) is 13.8 Å². The van der Waals surface area contributed by atoms with Crippen molar-refractivity contribution in [1.29, 1.82) is 10.5 Å². The van der Waals surface area contributed by atoms with E-state index in [-0.39, 0.29) is 17.0 Å². The van der Waals surface area contributed by atoms with Crippen molar-refractivity contribution in [1.82, 2.24) is 0 Å². The smallest absolute Gasteiger partial charge is 0.142 e. The van der Waals surface area contributed by atoms with E-state index in [1.165, 1.54) is 6.07 Å². The van der Waals surface area contributed by atoms with Gasteiger partial charge < -0.3 is 5.73 Å². The zero-order valence-corrected chi connectivity index (χ0v) is 10.7. The van der Waals surface area contributed by atoms with Gasteiger partial charge in [0, 0.05) is 5.39 Å². The molecule has 0 saturated carbocycles. The molecule has 2 aromatic rings. The van der Waals surface area contributed by atoms with Gasteiger partial charge in [-0.25, -0.2) is 4.39 Å². The summed E-state index contributed by atoms with van der Waals surface area (Å²) in [7, 11) is 0. The Bertz CT molecular complexity index is 717. The van der Waals surface area contributed by atoms with Gasteiger partial charge in [0.15, 0.2) is 0 Å². The summed E-state index contributed by atoms with van der Waals surface area (Å²) in [6.45, 7) is 3.81. The van der Waals surface area contributed by atoms with Crippen molar-refractivity contribution in [3.05, 3.63) is 28.6 Å². The van der Waals surface area contributed by atoms with Crippen LogP contribution >= 0.6 is 11.3 Å². The molecule has 0 bridgehead atoms. The van der Waals surface area contributed by atoms with Crippen LogP contribution < -0.4 is 5.73 Å². The number of fused-ring (bicyclic) bond motifs is 1. The number of anilines is 1. The molecule has 0 spiro atoms. The Balaban J connectivity index is 3.08. The first-order chi connectivity index (χ1) is 8.51. The van der Waals surface area contributed by atoms with E-state index in [0.29, 0.717) is 20.7 Å². The van der Waals surface area contributed by atoms with Crippen molar-refractivity contribution in [2.45, 2.75) is 19.8 Å². The Kier molecular flexibility index (Phi) is 2.94. The number of hydrogen-bond acceptors (Lipinski definition) is 4. The quantitative estimate of drug-likeness (QED) is 0.851. The van der Waals surface area contributed by atoms with E-state index in [1.54, 1.807) is 0 Å². The number of halogens is 1. The molecule has 90 valence electrons. The number of nitriles is 2. The first-order valence-electron chi connectivity index (χ1n) is 5.35. The zero-order valence-electron chi connectivity index (χ0n) is 9.91. The largest absolute Gasteiger partial charge is 0.389 e. The van der Waals surface area contributed by atoms with Crippen LogP contribution in [0.15, 0.2) is 6.07 Å². The van der Waals surface area contributed by atoms with Crippen LogP contribution in [0.5, 0.6) is 0 Å². The minimum atomic E-state index is -0.496. The fraction of sp³-hybridized carbons (Fsp3) is 0.231. The summed E-state index contributed by atoms with van der Waals surface area (Å²) >= 11 is 1.05. The topological polar surface area (TPSA) is 73.6 Å². The highest BCUT2D eigenvalue weighted by atomic mass is 32.1. The van der Waals surface area contributed by atoms with Crippen LogP contribution in [-0.4, -0.2) is 0 Å². The van der Waals surface area contributed by atoms with Crippen LogP contribution in [0.25, 0.3) is 10.1 Å². The molecule has 18 heavy (non-hydrogen) atoms. The lowest BCUT2D eigenvalue weighted by Crippen LogP contribution is -1.97. The first kappa shape index (κ1) is 12.3. The highest BCUT2D eigenvalue weighted by molar-refractivity contribution is 7.23. The summed E-state index contributed by atoms with van der Waals surface area (Å²) < 4.78 is 14.3. The van der Waals surface area contributed by atoms with Gasteiger partial charge in [0.2, 0.25) is 0 Å². The highest BCUT2D eigenvalue weighted by Gasteiger charge is 2.21. The van der Waals surface area contributed by atoms with Gasteiger partial charge in [-0.15, -0.1) is 11.3 Å². The number of hydrogen-bond donors (Lipinski definition) is 1. The molecule has 1 heterocycles. The van der Waals surface area contributed by atoms with Gasteiger partial charge in [-0.3, -0.25) is 0 Å². The lowest BCUT2D eigenvalue weighted by molar-refractivity contribution is 0.640. The molecule has 0 radical (unpaired) electrons. The summed E-state index contributed by atoms with van der Waals surface area (Å²) in [6.07, 6.45) is 0. The summed E-state index contributed by atoms with van der Waals surface area (Å²) in [5.41, 5.74) is 6.97. The number of nitrogens with zero attached hydrogens (tertiary/aromatic N) is 2. The summed E-state index contributed by atoms with van der Waals surface area (Å²) in [4.78, 5) is 0. The standard InChI is InChI=1S/C13H10FN3S/c1-6(2)10-7(4-15)3-9(14)12-11(10)8(5-16)13(17)18-12/h3,6H,17H2,1-2H3. The van der Waals surface area contributed by atoms with Gasteiger partial charge >= 0.3 is 0 Å². The molecule has 0 fully saturated rings. The first-order valence-corrected chi connectivity index (χ1v) is 6.17. The number of rotatable bonds is 1. The predicted molar refractivity (Wildman–Crippen MR) is 69.7 cm³/mol. The van der Waals surface area contributed by atoms with E-state index >= 15 is 0 Å². The summed E-state index contributed by atoms with van der Waals surface area (Å²) in [5, 5.41) is 19.0. The third-order valence-corrected chi connectivity index (χ3v) is 3.82. The molecular formula is C13H10FN3S. The van der Waals surface area contributed by atoms with Crippen LogP contribution in [0.2, 0.25) is 0 Å². The molecule has 3 nitrogen and oxygen atoms in total. The fourth-order valence-corrected chi connectivity index (χ4v) is 3.02. The second-order valence-electron chi connectivity index (χ2n) is 4.24. The lowest BCUT2D eigenvalue weighted by Gasteiger charge is -2.10. The van der Waals surface area contributed by atoms with Crippen molar-refractivity contribution >= 4 is 26.4 Å². The average molecular weight is 259 g/mol. The third kappa shape index (κ3) is 1.61. The fourth-order valence-electron chi connectivity index (χ4n) is 2.08. The molecule has 0 unspecified atom stereocenters. The molecule has 5 heteroatoms. The van der Waals surface area contributed by atoms with E-state index in [9.17, 15) is 4.39 Å². The average Bonchev–Trinajstić information content (AvgIpc) is 2.65. The molecule has 0 saturated heterocycles. The number of nitrogen functional groups attached to an aromatic ring is 1. The minimum Gasteiger partial charge on any atom is -0.389 e. The van der Waals surface area contributed by atoms with Crippen molar-refractivity contribution in [3.63, 3.8) is 0 Å². The second-order valence-corrected chi connectivity index (χ2v) is 5.30. The Labute approximate surface area is 108 Å². The molecule has 0 aliphatic rings. The van der Waals surface area contributed by atoms with Crippen LogP contribution in [-0.2, 0) is 0 Å². The van der Waals surface area contributed by atoms with E-state index in [4.69, 9.17) is 16.3 Å². The summed E-state index contributed by atoms with van der Waals surface area (Å²) in [5.74, 6) is -0.479. The van der Waals surface area contributed by atoms with Gasteiger partial charge in [-0.05, 0) is 17.5 Å². The molecular weight excluding hydrogens is 249 g/mol. The Morgan fingerprint density at radius 1 is 1.33 bits per heavy atom. The minimum absolute atomic E-state index is 0.0175. The maximum atomic E-state index is 13.9. The van der Waals surface area contributed by atoms with E-state index in [1.807, 2.05) is 26.0 Å².